The van der Waals surface area contributed by atoms with Crippen molar-refractivity contribution in [1.82, 2.24) is 19.9 Å². The Morgan fingerprint density at radius 1 is 1.32 bits per heavy atom. The molecule has 2 aromatic heterocycles. The maximum Gasteiger partial charge on any atom is 0.263 e. The first kappa shape index (κ1) is 14.4. The summed E-state index contributed by atoms with van der Waals surface area (Å²) < 4.78 is 0. The molecule has 6 nitrogen and oxygen atoms in total. The van der Waals surface area contributed by atoms with Crippen LogP contribution in [0.25, 0.3) is 0 Å². The molecule has 0 spiro atoms. The van der Waals surface area contributed by atoms with E-state index in [0.29, 0.717) is 24.8 Å². The molecule has 0 unspecified atom stereocenters. The lowest BCUT2D eigenvalue weighted by Crippen LogP contribution is -2.49. The van der Waals surface area contributed by atoms with E-state index in [1.54, 1.807) is 17.3 Å². The normalized spacial score (nSPS) is 15.0. The molecular formula is C16H18N4O2. The van der Waals surface area contributed by atoms with Crippen molar-refractivity contribution in [2.24, 2.45) is 0 Å². The minimum Gasteiger partial charge on any atom is -0.337 e. The maximum absolute atomic E-state index is 12.4. The fourth-order valence-corrected chi connectivity index (χ4v) is 2.52. The van der Waals surface area contributed by atoms with Crippen molar-refractivity contribution in [2.45, 2.75) is 25.7 Å². The van der Waals surface area contributed by atoms with Gasteiger partial charge in [0.15, 0.2) is 0 Å². The molecular weight excluding hydrogens is 280 g/mol. The SMILES string of the molecule is CC(C)c1ncc(C(=O)N2CC(c3ccncc3)C2)c(=O)[nH]1. The Kier molecular flexibility index (Phi) is 3.75. The Labute approximate surface area is 128 Å². The summed E-state index contributed by atoms with van der Waals surface area (Å²) in [6.07, 6.45) is 4.88. The van der Waals surface area contributed by atoms with E-state index in [1.807, 2.05) is 26.0 Å². The average Bonchev–Trinajstić information content (AvgIpc) is 2.46. The third-order valence-electron chi connectivity index (χ3n) is 3.94. The van der Waals surface area contributed by atoms with Gasteiger partial charge in [-0.25, -0.2) is 4.98 Å². The number of carbonyl (C=O) groups is 1. The third kappa shape index (κ3) is 2.64. The van der Waals surface area contributed by atoms with Gasteiger partial charge in [0.05, 0.1) is 0 Å². The molecule has 114 valence electrons. The van der Waals surface area contributed by atoms with E-state index < -0.39 is 0 Å². The summed E-state index contributed by atoms with van der Waals surface area (Å²) in [6, 6.07) is 3.91. The summed E-state index contributed by atoms with van der Waals surface area (Å²) >= 11 is 0. The highest BCUT2D eigenvalue weighted by molar-refractivity contribution is 5.94. The van der Waals surface area contributed by atoms with Crippen LogP contribution in [0.3, 0.4) is 0 Å². The number of pyridine rings is 1. The van der Waals surface area contributed by atoms with Gasteiger partial charge in [-0.15, -0.1) is 0 Å². The molecule has 6 heteroatoms. The van der Waals surface area contributed by atoms with Crippen LogP contribution in [0, 0.1) is 0 Å². The second kappa shape index (κ2) is 5.71. The van der Waals surface area contributed by atoms with Gasteiger partial charge in [-0.2, -0.15) is 0 Å². The Bertz CT molecular complexity index is 733. The number of carbonyl (C=O) groups excluding carboxylic acids is 1. The first-order valence-electron chi connectivity index (χ1n) is 7.34. The molecule has 0 aliphatic carbocycles. The molecule has 0 bridgehead atoms. The van der Waals surface area contributed by atoms with E-state index in [0.717, 1.165) is 0 Å². The highest BCUT2D eigenvalue weighted by Gasteiger charge is 2.33. The van der Waals surface area contributed by atoms with E-state index in [2.05, 4.69) is 15.0 Å². The Morgan fingerprint density at radius 3 is 2.59 bits per heavy atom. The molecule has 1 aliphatic heterocycles. The number of nitrogens with one attached hydrogen (secondary N) is 1. The van der Waals surface area contributed by atoms with E-state index in [4.69, 9.17) is 0 Å². The van der Waals surface area contributed by atoms with Gasteiger partial charge in [-0.05, 0) is 17.7 Å². The maximum atomic E-state index is 12.4. The lowest BCUT2D eigenvalue weighted by atomic mass is 9.92. The molecule has 1 N–H and O–H groups in total. The van der Waals surface area contributed by atoms with Crippen molar-refractivity contribution < 1.29 is 4.79 Å². The predicted molar refractivity (Wildman–Crippen MR) is 81.8 cm³/mol. The summed E-state index contributed by atoms with van der Waals surface area (Å²) in [7, 11) is 0. The molecule has 0 aromatic carbocycles. The van der Waals surface area contributed by atoms with Crippen molar-refractivity contribution in [3.05, 3.63) is 58.0 Å². The lowest BCUT2D eigenvalue weighted by Gasteiger charge is -2.39. The standard InChI is InChI=1S/C16H18N4O2/c1-10(2)14-18-7-13(15(21)19-14)16(22)20-8-12(9-20)11-3-5-17-6-4-11/h3-7,10,12H,8-9H2,1-2H3,(H,18,19,21). The van der Waals surface area contributed by atoms with Gasteiger partial charge < -0.3 is 9.88 Å². The van der Waals surface area contributed by atoms with Crippen molar-refractivity contribution >= 4 is 5.91 Å². The number of aromatic nitrogens is 3. The molecule has 1 fully saturated rings. The van der Waals surface area contributed by atoms with Gasteiger partial charge in [0, 0.05) is 43.5 Å². The van der Waals surface area contributed by atoms with Gasteiger partial charge in [-0.3, -0.25) is 14.6 Å². The van der Waals surface area contributed by atoms with Crippen LogP contribution in [-0.2, 0) is 0 Å². The number of hydrogen-bond acceptors (Lipinski definition) is 4. The first-order chi connectivity index (χ1) is 10.6. The topological polar surface area (TPSA) is 79.0 Å². The predicted octanol–water partition coefficient (Wildman–Crippen LogP) is 1.53. The van der Waals surface area contributed by atoms with Gasteiger partial charge in [0.2, 0.25) is 0 Å². The van der Waals surface area contributed by atoms with Crippen LogP contribution in [0.1, 0.15) is 47.4 Å². The molecule has 1 aliphatic rings. The highest BCUT2D eigenvalue weighted by Crippen LogP contribution is 2.27. The molecule has 3 heterocycles. The van der Waals surface area contributed by atoms with Crippen molar-refractivity contribution in [1.29, 1.82) is 0 Å². The number of rotatable bonds is 3. The van der Waals surface area contributed by atoms with Gasteiger partial charge in [0.25, 0.3) is 11.5 Å². The minimum atomic E-state index is -0.365. The molecule has 0 atom stereocenters. The second-order valence-corrected chi connectivity index (χ2v) is 5.85. The summed E-state index contributed by atoms with van der Waals surface area (Å²) in [6.45, 7) is 5.12. The Balaban J connectivity index is 1.70. The molecule has 0 saturated carbocycles. The van der Waals surface area contributed by atoms with Gasteiger partial charge in [-0.1, -0.05) is 13.8 Å². The van der Waals surface area contributed by atoms with E-state index in [-0.39, 0.29) is 22.9 Å². The van der Waals surface area contributed by atoms with Crippen LogP contribution in [0.5, 0.6) is 0 Å². The van der Waals surface area contributed by atoms with Crippen molar-refractivity contribution in [3.63, 3.8) is 0 Å². The van der Waals surface area contributed by atoms with Crippen LogP contribution < -0.4 is 5.56 Å². The number of aromatic amines is 1. The van der Waals surface area contributed by atoms with E-state index >= 15 is 0 Å². The summed E-state index contributed by atoms with van der Waals surface area (Å²) in [5.41, 5.74) is 0.912. The van der Waals surface area contributed by atoms with E-state index in [9.17, 15) is 9.59 Å². The number of likely N-dealkylation sites (tertiary alicyclic amines) is 1. The van der Waals surface area contributed by atoms with E-state index in [1.165, 1.54) is 11.8 Å². The van der Waals surface area contributed by atoms with Crippen LogP contribution in [-0.4, -0.2) is 38.8 Å². The second-order valence-electron chi connectivity index (χ2n) is 5.85. The smallest absolute Gasteiger partial charge is 0.263 e. The fraction of sp³-hybridized carbons (Fsp3) is 0.375. The Morgan fingerprint density at radius 2 is 2.00 bits per heavy atom. The summed E-state index contributed by atoms with van der Waals surface area (Å²) in [5.74, 6) is 0.778. The number of H-pyrrole nitrogens is 1. The molecule has 1 amide bonds. The summed E-state index contributed by atoms with van der Waals surface area (Å²) in [4.78, 5) is 36.9. The van der Waals surface area contributed by atoms with Crippen molar-refractivity contribution in [3.8, 4) is 0 Å². The zero-order valence-corrected chi connectivity index (χ0v) is 12.6. The number of nitrogens with zero attached hydrogens (tertiary/aromatic N) is 3. The first-order valence-corrected chi connectivity index (χ1v) is 7.34. The molecule has 2 aromatic rings. The van der Waals surface area contributed by atoms with Crippen molar-refractivity contribution in [2.75, 3.05) is 13.1 Å². The minimum absolute atomic E-state index is 0.109. The van der Waals surface area contributed by atoms with Crippen LogP contribution in [0.4, 0.5) is 0 Å². The average molecular weight is 298 g/mol. The molecule has 1 saturated heterocycles. The molecule has 22 heavy (non-hydrogen) atoms. The zero-order chi connectivity index (χ0) is 15.7. The van der Waals surface area contributed by atoms with Gasteiger partial charge >= 0.3 is 0 Å². The Hall–Kier alpha value is -2.50. The largest absolute Gasteiger partial charge is 0.337 e. The van der Waals surface area contributed by atoms with Gasteiger partial charge in [0.1, 0.15) is 11.4 Å². The number of amides is 1. The van der Waals surface area contributed by atoms with Crippen LogP contribution in [0.2, 0.25) is 0 Å². The summed E-state index contributed by atoms with van der Waals surface area (Å²) in [5, 5.41) is 0. The molecule has 3 rings (SSSR count). The monoisotopic (exact) mass is 298 g/mol. The van der Waals surface area contributed by atoms with Crippen LogP contribution in [0.15, 0.2) is 35.5 Å². The fourth-order valence-electron chi connectivity index (χ4n) is 2.52. The zero-order valence-electron chi connectivity index (χ0n) is 12.6. The van der Waals surface area contributed by atoms with Crippen LogP contribution >= 0.6 is 0 Å². The lowest BCUT2D eigenvalue weighted by molar-refractivity contribution is 0.0600. The number of hydrogen-bond donors (Lipinski definition) is 1. The quantitative estimate of drug-likeness (QED) is 0.932. The highest BCUT2D eigenvalue weighted by atomic mass is 16.2. The third-order valence-corrected chi connectivity index (χ3v) is 3.94. The molecule has 0 radical (unpaired) electrons.